The molecule has 0 fully saturated rings. The van der Waals surface area contributed by atoms with Crippen LogP contribution in [-0.4, -0.2) is 0 Å². The lowest BCUT2D eigenvalue weighted by Crippen LogP contribution is -1.78. The molecule has 13 heavy (non-hydrogen) atoms. The summed E-state index contributed by atoms with van der Waals surface area (Å²) in [7, 11) is 0. The topological polar surface area (TPSA) is 0 Å². The number of hydrogen-bond acceptors (Lipinski definition) is 1. The number of rotatable bonds is 1. The van der Waals surface area contributed by atoms with Gasteiger partial charge in [-0.2, -0.15) is 0 Å². The van der Waals surface area contributed by atoms with E-state index in [1.165, 1.54) is 16.0 Å². The highest BCUT2D eigenvalue weighted by Gasteiger charge is 2.05. The van der Waals surface area contributed by atoms with Crippen molar-refractivity contribution in [1.29, 1.82) is 0 Å². The van der Waals surface area contributed by atoms with Crippen molar-refractivity contribution in [2.75, 3.05) is 0 Å². The van der Waals surface area contributed by atoms with Crippen LogP contribution in [0.4, 0.5) is 0 Å². The predicted molar refractivity (Wildman–Crippen MR) is 59.5 cm³/mol. The Bertz CT molecular complexity index is 418. The predicted octanol–water partition coefficient (Wildman–Crippen LogP) is 4.38. The number of thiophene rings is 1. The molecule has 2 aromatic rings. The van der Waals surface area contributed by atoms with Crippen molar-refractivity contribution in [3.63, 3.8) is 0 Å². The van der Waals surface area contributed by atoms with E-state index in [9.17, 15) is 0 Å². The number of hydrogen-bond donors (Lipinski definition) is 0. The fourth-order valence-corrected chi connectivity index (χ4v) is 2.56. The van der Waals surface area contributed by atoms with E-state index in [0.717, 1.165) is 5.02 Å². The van der Waals surface area contributed by atoms with Gasteiger partial charge in [0.15, 0.2) is 0 Å². The maximum atomic E-state index is 6.06. The minimum atomic E-state index is 0.847. The molecular formula is C11H9ClS. The Hall–Kier alpha value is -0.790. The van der Waals surface area contributed by atoms with Crippen molar-refractivity contribution < 1.29 is 0 Å². The molecule has 0 nitrogen and oxygen atoms in total. The largest absolute Gasteiger partial charge is 0.142 e. The highest BCUT2D eigenvalue weighted by atomic mass is 35.5. The summed E-state index contributed by atoms with van der Waals surface area (Å²) >= 11 is 7.74. The third-order valence-corrected chi connectivity index (χ3v) is 3.38. The summed E-state index contributed by atoms with van der Waals surface area (Å²) in [5, 5.41) is 2.86. The summed E-state index contributed by atoms with van der Waals surface area (Å²) in [5.74, 6) is 0. The average Bonchev–Trinajstić information content (AvgIpc) is 2.52. The van der Waals surface area contributed by atoms with Crippen molar-refractivity contribution in [3.8, 4) is 10.4 Å². The Kier molecular flexibility index (Phi) is 2.38. The maximum Gasteiger partial charge on any atom is 0.0592 e. The van der Waals surface area contributed by atoms with E-state index in [1.54, 1.807) is 11.3 Å². The lowest BCUT2D eigenvalue weighted by atomic mass is 10.1. The van der Waals surface area contributed by atoms with Gasteiger partial charge in [-0.05, 0) is 29.5 Å². The number of benzene rings is 1. The van der Waals surface area contributed by atoms with Crippen LogP contribution < -0.4 is 0 Å². The summed E-state index contributed by atoms with van der Waals surface area (Å²) in [6.45, 7) is 2.10. The molecule has 0 saturated carbocycles. The van der Waals surface area contributed by atoms with Crippen LogP contribution >= 0.6 is 22.9 Å². The first-order chi connectivity index (χ1) is 6.29. The third-order valence-electron chi connectivity index (χ3n) is 2.01. The van der Waals surface area contributed by atoms with Crippen LogP contribution in [0.2, 0.25) is 5.02 Å². The molecule has 0 radical (unpaired) electrons. The van der Waals surface area contributed by atoms with Crippen molar-refractivity contribution in [2.24, 2.45) is 0 Å². The van der Waals surface area contributed by atoms with Crippen LogP contribution in [0.3, 0.4) is 0 Å². The van der Waals surface area contributed by atoms with Gasteiger partial charge in [0.25, 0.3) is 0 Å². The molecule has 1 aromatic carbocycles. The van der Waals surface area contributed by atoms with E-state index in [4.69, 9.17) is 11.6 Å². The smallest absolute Gasteiger partial charge is 0.0592 e. The Balaban J connectivity index is 2.59. The van der Waals surface area contributed by atoms with Gasteiger partial charge in [0.05, 0.1) is 9.90 Å². The second-order valence-electron chi connectivity index (χ2n) is 2.91. The highest BCUT2D eigenvalue weighted by molar-refractivity contribution is 7.14. The van der Waals surface area contributed by atoms with Gasteiger partial charge in [-0.1, -0.05) is 35.9 Å². The molecule has 0 unspecified atom stereocenters. The van der Waals surface area contributed by atoms with Crippen LogP contribution in [0, 0.1) is 6.92 Å². The molecule has 0 atom stereocenters. The first-order valence-corrected chi connectivity index (χ1v) is 5.34. The number of aryl methyl sites for hydroxylation is 1. The SMILES string of the molecule is Cc1ccccc1-c1sccc1Cl. The van der Waals surface area contributed by atoms with Crippen molar-refractivity contribution in [2.45, 2.75) is 6.92 Å². The molecule has 0 bridgehead atoms. The van der Waals surface area contributed by atoms with Crippen LogP contribution in [0.25, 0.3) is 10.4 Å². The van der Waals surface area contributed by atoms with Crippen LogP contribution in [0.5, 0.6) is 0 Å². The van der Waals surface area contributed by atoms with Crippen LogP contribution in [0.1, 0.15) is 5.56 Å². The summed E-state index contributed by atoms with van der Waals surface area (Å²) in [5.41, 5.74) is 2.51. The minimum Gasteiger partial charge on any atom is -0.142 e. The zero-order chi connectivity index (χ0) is 9.26. The van der Waals surface area contributed by atoms with E-state index in [1.807, 2.05) is 23.6 Å². The minimum absolute atomic E-state index is 0.847. The Morgan fingerprint density at radius 3 is 2.54 bits per heavy atom. The molecule has 0 spiro atoms. The van der Waals surface area contributed by atoms with Gasteiger partial charge in [-0.25, -0.2) is 0 Å². The lowest BCUT2D eigenvalue weighted by Gasteiger charge is -2.02. The van der Waals surface area contributed by atoms with Crippen molar-refractivity contribution >= 4 is 22.9 Å². The second-order valence-corrected chi connectivity index (χ2v) is 4.24. The van der Waals surface area contributed by atoms with Gasteiger partial charge < -0.3 is 0 Å². The molecule has 0 amide bonds. The van der Waals surface area contributed by atoms with E-state index in [2.05, 4.69) is 19.1 Å². The fourth-order valence-electron chi connectivity index (χ4n) is 1.31. The van der Waals surface area contributed by atoms with Crippen molar-refractivity contribution in [1.82, 2.24) is 0 Å². The molecule has 2 rings (SSSR count). The van der Waals surface area contributed by atoms with Crippen molar-refractivity contribution in [3.05, 3.63) is 46.3 Å². The van der Waals surface area contributed by atoms with Gasteiger partial charge in [0.2, 0.25) is 0 Å². The van der Waals surface area contributed by atoms with Gasteiger partial charge in [-0.3, -0.25) is 0 Å². The van der Waals surface area contributed by atoms with E-state index < -0.39 is 0 Å². The van der Waals surface area contributed by atoms with E-state index in [0.29, 0.717) is 0 Å². The summed E-state index contributed by atoms with van der Waals surface area (Å²) in [4.78, 5) is 1.17. The Labute approximate surface area is 86.8 Å². The zero-order valence-electron chi connectivity index (χ0n) is 7.25. The summed E-state index contributed by atoms with van der Waals surface area (Å²) in [6, 6.07) is 10.2. The third kappa shape index (κ3) is 1.62. The maximum absolute atomic E-state index is 6.06. The molecule has 1 aromatic heterocycles. The second kappa shape index (κ2) is 3.52. The summed E-state index contributed by atoms with van der Waals surface area (Å²) < 4.78 is 0. The molecule has 0 saturated heterocycles. The van der Waals surface area contributed by atoms with E-state index in [-0.39, 0.29) is 0 Å². The first-order valence-electron chi connectivity index (χ1n) is 4.08. The quantitative estimate of drug-likeness (QED) is 0.653. The normalized spacial score (nSPS) is 10.3. The standard InChI is InChI=1S/C11H9ClS/c1-8-4-2-3-5-9(8)11-10(12)6-7-13-11/h2-7H,1H3. The molecule has 1 heterocycles. The lowest BCUT2D eigenvalue weighted by molar-refractivity contribution is 1.48. The zero-order valence-corrected chi connectivity index (χ0v) is 8.82. The Morgan fingerprint density at radius 1 is 1.15 bits per heavy atom. The molecule has 66 valence electrons. The van der Waals surface area contributed by atoms with Gasteiger partial charge in [0.1, 0.15) is 0 Å². The number of halogens is 1. The molecule has 0 aliphatic rings. The monoisotopic (exact) mass is 208 g/mol. The molecular weight excluding hydrogens is 200 g/mol. The van der Waals surface area contributed by atoms with Crippen LogP contribution in [-0.2, 0) is 0 Å². The average molecular weight is 209 g/mol. The van der Waals surface area contributed by atoms with Gasteiger partial charge >= 0.3 is 0 Å². The van der Waals surface area contributed by atoms with Gasteiger partial charge in [0, 0.05) is 0 Å². The van der Waals surface area contributed by atoms with E-state index >= 15 is 0 Å². The molecule has 0 aliphatic carbocycles. The highest BCUT2D eigenvalue weighted by Crippen LogP contribution is 2.34. The summed E-state index contributed by atoms with van der Waals surface area (Å²) in [6.07, 6.45) is 0. The van der Waals surface area contributed by atoms with Crippen LogP contribution in [0.15, 0.2) is 35.7 Å². The Morgan fingerprint density at radius 2 is 1.92 bits per heavy atom. The first kappa shape index (κ1) is 8.79. The molecule has 0 N–H and O–H groups in total. The van der Waals surface area contributed by atoms with Gasteiger partial charge in [-0.15, -0.1) is 11.3 Å². The molecule has 2 heteroatoms. The fraction of sp³-hybridized carbons (Fsp3) is 0.0909. The molecule has 0 aliphatic heterocycles.